The molecule has 2 atom stereocenters. The van der Waals surface area contributed by atoms with Crippen molar-refractivity contribution in [3.63, 3.8) is 0 Å². The van der Waals surface area contributed by atoms with Gasteiger partial charge in [0, 0.05) is 0 Å². The molecule has 0 radical (unpaired) electrons. The first-order chi connectivity index (χ1) is 18.9. The number of rotatable bonds is 5. The van der Waals surface area contributed by atoms with Gasteiger partial charge in [-0.15, -0.1) is 0 Å². The molecule has 0 saturated carbocycles. The zero-order valence-electron chi connectivity index (χ0n) is 23.5. The Morgan fingerprint density at radius 1 is 0.538 bits per heavy atom. The number of allylic oxidation sites excluding steroid dienone is 4. The first-order valence-corrected chi connectivity index (χ1v) is 27.6. The van der Waals surface area contributed by atoms with Crippen LogP contribution >= 0.6 is 0 Å². The van der Waals surface area contributed by atoms with Gasteiger partial charge in [-0.25, -0.2) is 0 Å². The quantitative estimate of drug-likeness (QED) is 0.158. The van der Waals surface area contributed by atoms with Crippen molar-refractivity contribution in [2.45, 2.75) is 25.7 Å². The number of hydrogen-bond acceptors (Lipinski definition) is 0. The summed E-state index contributed by atoms with van der Waals surface area (Å²) in [5.41, 5.74) is 11.9. The van der Waals surface area contributed by atoms with E-state index in [-0.39, 0.29) is 0 Å². The minimum atomic E-state index is -2.36. The van der Waals surface area contributed by atoms with E-state index in [2.05, 4.69) is 128 Å². The number of hydrogen-bond donors (Lipinski definition) is 0. The fraction of sp³-hybridized carbons (Fsp3) is 0.135. The summed E-state index contributed by atoms with van der Waals surface area (Å²) in [6, 6.07) is 38.8. The molecule has 0 aliphatic heterocycles. The van der Waals surface area contributed by atoms with Crippen LogP contribution < -0.4 is 0 Å². The molecule has 2 aliphatic rings. The molecule has 0 aromatic heterocycles. The van der Waals surface area contributed by atoms with Crippen LogP contribution in [0.5, 0.6) is 0 Å². The molecule has 0 heterocycles. The third-order valence-electron chi connectivity index (χ3n) is 8.07. The molecule has 0 N–H and O–H groups in total. The summed E-state index contributed by atoms with van der Waals surface area (Å²) < 4.78 is 4.23. The van der Waals surface area contributed by atoms with E-state index < -0.39 is 19.4 Å². The third-order valence-corrected chi connectivity index (χ3v) is 26.0. The normalized spacial score (nSPS) is 19.2. The molecule has 2 aliphatic carbocycles. The Bertz CT molecular complexity index is 1420. The minimum absolute atomic E-state index is 0.756. The molecule has 0 nitrogen and oxygen atoms in total. The van der Waals surface area contributed by atoms with E-state index in [9.17, 15) is 0 Å². The SMILES string of the molecule is C(C=Cc1ccccc1)=Cc1ccccc1.CC1=Cc2ccccc2[CH]1[Zr]([CH3])([SiH3])[CH]1C(C)=Cc2ccccc21. The summed E-state index contributed by atoms with van der Waals surface area (Å²) in [5, 5.41) is 0. The van der Waals surface area contributed by atoms with Crippen molar-refractivity contribution in [1.82, 2.24) is 0 Å². The second-order valence-corrected chi connectivity index (χ2v) is 35.8. The van der Waals surface area contributed by atoms with Crippen molar-refractivity contribution in [2.75, 3.05) is 0 Å². The average Bonchev–Trinajstić information content (AvgIpc) is 3.48. The zero-order valence-corrected chi connectivity index (χ0v) is 28.0. The Morgan fingerprint density at radius 3 is 1.31 bits per heavy atom. The maximum atomic E-state index is 2.72. The Balaban J connectivity index is 0.000000169. The van der Waals surface area contributed by atoms with Crippen molar-refractivity contribution >= 4 is 31.7 Å². The Kier molecular flexibility index (Phi) is 8.75. The van der Waals surface area contributed by atoms with Crippen molar-refractivity contribution < 1.29 is 19.4 Å². The van der Waals surface area contributed by atoms with Gasteiger partial charge in [0.05, 0.1) is 0 Å². The Hall–Kier alpha value is -3.06. The van der Waals surface area contributed by atoms with Gasteiger partial charge in [0.25, 0.3) is 0 Å². The summed E-state index contributed by atoms with van der Waals surface area (Å²) in [6.07, 6.45) is 13.2. The van der Waals surface area contributed by atoms with Gasteiger partial charge < -0.3 is 0 Å². The van der Waals surface area contributed by atoms with Gasteiger partial charge in [-0.3, -0.25) is 0 Å². The first kappa shape index (κ1) is 27.5. The Labute approximate surface area is 241 Å². The molecule has 4 aromatic rings. The maximum absolute atomic E-state index is 2.72. The van der Waals surface area contributed by atoms with E-state index >= 15 is 0 Å². The summed E-state index contributed by atoms with van der Waals surface area (Å²) in [6.45, 7) is 4.75. The third kappa shape index (κ3) is 6.24. The molecule has 2 heteroatoms. The predicted molar refractivity (Wildman–Crippen MR) is 172 cm³/mol. The molecule has 0 amide bonds. The van der Waals surface area contributed by atoms with E-state index in [0.29, 0.717) is 0 Å². The van der Waals surface area contributed by atoms with Gasteiger partial charge in [-0.05, 0) is 11.1 Å². The van der Waals surface area contributed by atoms with Gasteiger partial charge in [0.1, 0.15) is 0 Å². The zero-order chi connectivity index (χ0) is 27.2. The molecule has 0 saturated heterocycles. The molecular weight excluding hydrogens is 564 g/mol. The van der Waals surface area contributed by atoms with Crippen LogP contribution in [-0.2, 0) is 19.4 Å². The Morgan fingerprint density at radius 2 is 0.897 bits per heavy atom. The molecule has 0 bridgehead atoms. The van der Waals surface area contributed by atoms with Crippen molar-refractivity contribution in [3.8, 4) is 0 Å². The summed E-state index contributed by atoms with van der Waals surface area (Å²) in [4.78, 5) is 0. The summed E-state index contributed by atoms with van der Waals surface area (Å²) in [5.74, 6) is 0. The van der Waals surface area contributed by atoms with Gasteiger partial charge >= 0.3 is 147 Å². The molecule has 6 rings (SSSR count). The number of fused-ring (bicyclic) bond motifs is 2. The van der Waals surface area contributed by atoms with Crippen LogP contribution in [0.3, 0.4) is 0 Å². The van der Waals surface area contributed by atoms with Crippen LogP contribution in [0, 0.1) is 0 Å². The monoisotopic (exact) mass is 600 g/mol. The molecule has 2 unspecified atom stereocenters. The predicted octanol–water partition coefficient (Wildman–Crippen LogP) is 9.20. The van der Waals surface area contributed by atoms with Crippen LogP contribution in [0.4, 0.5) is 0 Å². The molecule has 4 aromatic carbocycles. The summed E-state index contributed by atoms with van der Waals surface area (Å²) >= 11 is -2.36. The van der Waals surface area contributed by atoms with E-state index in [4.69, 9.17) is 0 Å². The second-order valence-electron chi connectivity index (χ2n) is 11.3. The van der Waals surface area contributed by atoms with Crippen molar-refractivity contribution in [3.05, 3.63) is 166 Å². The number of benzene rings is 4. The van der Waals surface area contributed by atoms with Crippen LogP contribution in [-0.4, -0.2) is 7.37 Å². The van der Waals surface area contributed by atoms with E-state index in [1.54, 1.807) is 22.3 Å². The van der Waals surface area contributed by atoms with Gasteiger partial charge in [-0.2, -0.15) is 0 Å². The molecular formula is C37H38SiZr. The van der Waals surface area contributed by atoms with Crippen molar-refractivity contribution in [2.24, 2.45) is 0 Å². The summed E-state index contributed by atoms with van der Waals surface area (Å²) in [7, 11) is 1.37. The van der Waals surface area contributed by atoms with E-state index in [1.807, 2.05) is 36.4 Å². The van der Waals surface area contributed by atoms with Crippen molar-refractivity contribution in [1.29, 1.82) is 0 Å². The van der Waals surface area contributed by atoms with Crippen LogP contribution in [0.1, 0.15) is 54.5 Å². The van der Waals surface area contributed by atoms with E-state index in [1.165, 1.54) is 29.6 Å². The second kappa shape index (κ2) is 12.4. The fourth-order valence-corrected chi connectivity index (χ4v) is 27.9. The van der Waals surface area contributed by atoms with Gasteiger partial charge in [0.15, 0.2) is 0 Å². The molecule has 0 fully saturated rings. The molecule has 0 spiro atoms. The topological polar surface area (TPSA) is 0 Å². The van der Waals surface area contributed by atoms with E-state index in [0.717, 1.165) is 7.25 Å². The average molecular weight is 602 g/mol. The van der Waals surface area contributed by atoms with Gasteiger partial charge in [-0.1, -0.05) is 85.0 Å². The molecule has 194 valence electrons. The van der Waals surface area contributed by atoms with Crippen LogP contribution in [0.15, 0.2) is 132 Å². The fourth-order valence-electron chi connectivity index (χ4n) is 6.56. The molecule has 39 heavy (non-hydrogen) atoms. The van der Waals surface area contributed by atoms with Crippen LogP contribution in [0.25, 0.3) is 24.3 Å². The van der Waals surface area contributed by atoms with Crippen LogP contribution in [0.2, 0.25) is 4.63 Å². The standard InChI is InChI=1S/C16H14.2C10H9.CH3.H3Si.Zr/c1-3-9-15(10-4-1)13-7-8-14-16-11-5-2-6-12-16;2*1-8-6-9-4-2-3-5-10(9)7-8;;;/h1-14H;2*2-7H,1H3;2*1H3;. The first-order valence-electron chi connectivity index (χ1n) is 13.9. The van der Waals surface area contributed by atoms with Gasteiger partial charge in [0.2, 0.25) is 0 Å².